The molecule has 1 fully saturated rings. The molecule has 1 aromatic heterocycles. The summed E-state index contributed by atoms with van der Waals surface area (Å²) in [7, 11) is 3.99. The summed E-state index contributed by atoms with van der Waals surface area (Å²) in [4.78, 5) is 20.9. The lowest BCUT2D eigenvalue weighted by Crippen LogP contribution is -2.47. The molecule has 0 bridgehead atoms. The summed E-state index contributed by atoms with van der Waals surface area (Å²) in [6.07, 6.45) is 3.90. The van der Waals surface area contributed by atoms with E-state index in [0.717, 1.165) is 38.2 Å². The van der Waals surface area contributed by atoms with Crippen LogP contribution in [0.2, 0.25) is 0 Å². The number of nitrogens with one attached hydrogen (secondary N) is 1. The van der Waals surface area contributed by atoms with Crippen molar-refractivity contribution in [2.75, 3.05) is 39.0 Å². The minimum absolute atomic E-state index is 0.00468. The first-order valence-electron chi connectivity index (χ1n) is 7.27. The van der Waals surface area contributed by atoms with Crippen molar-refractivity contribution >= 4 is 11.6 Å². The van der Waals surface area contributed by atoms with Crippen LogP contribution in [0.15, 0.2) is 18.3 Å². The highest BCUT2D eigenvalue weighted by molar-refractivity contribution is 5.93. The Labute approximate surface area is 121 Å². The molecule has 1 aliphatic heterocycles. The minimum Gasteiger partial charge on any atom is -0.385 e. The second-order valence-corrected chi connectivity index (χ2v) is 5.43. The average Bonchev–Trinajstić information content (AvgIpc) is 2.46. The fourth-order valence-corrected chi connectivity index (χ4v) is 2.66. The quantitative estimate of drug-likeness (QED) is 0.909. The molecule has 0 radical (unpaired) electrons. The van der Waals surface area contributed by atoms with Crippen molar-refractivity contribution in [3.8, 4) is 0 Å². The molecule has 1 aliphatic rings. The van der Waals surface area contributed by atoms with Crippen molar-refractivity contribution in [3.63, 3.8) is 0 Å². The Balaban J connectivity index is 2.07. The first-order chi connectivity index (χ1) is 9.61. The predicted octanol–water partition coefficient (Wildman–Crippen LogP) is 1.68. The summed E-state index contributed by atoms with van der Waals surface area (Å²) in [6, 6.07) is 4.00. The van der Waals surface area contributed by atoms with E-state index < -0.39 is 0 Å². The number of pyridine rings is 1. The highest BCUT2D eigenvalue weighted by atomic mass is 16.2. The van der Waals surface area contributed by atoms with Crippen LogP contribution < -0.4 is 5.32 Å². The monoisotopic (exact) mass is 276 g/mol. The molecule has 5 heteroatoms. The number of hydrogen-bond donors (Lipinski definition) is 1. The fourth-order valence-electron chi connectivity index (χ4n) is 2.66. The molecule has 1 atom stereocenters. The molecule has 1 aromatic rings. The van der Waals surface area contributed by atoms with E-state index in [1.807, 2.05) is 31.0 Å². The van der Waals surface area contributed by atoms with Crippen LogP contribution in [0.4, 0.5) is 5.69 Å². The largest absolute Gasteiger partial charge is 0.385 e. The van der Waals surface area contributed by atoms with Crippen molar-refractivity contribution in [1.29, 1.82) is 0 Å². The van der Waals surface area contributed by atoms with Crippen molar-refractivity contribution in [2.24, 2.45) is 0 Å². The van der Waals surface area contributed by atoms with Gasteiger partial charge in [0.25, 0.3) is 5.91 Å². The molecule has 0 aromatic carbocycles. The van der Waals surface area contributed by atoms with Crippen LogP contribution in [-0.4, -0.2) is 60.5 Å². The van der Waals surface area contributed by atoms with Gasteiger partial charge in [-0.1, -0.05) is 0 Å². The van der Waals surface area contributed by atoms with E-state index in [1.165, 1.54) is 0 Å². The van der Waals surface area contributed by atoms with Gasteiger partial charge in [-0.15, -0.1) is 0 Å². The molecule has 0 aliphatic carbocycles. The lowest BCUT2D eigenvalue weighted by molar-refractivity contribution is 0.0638. The van der Waals surface area contributed by atoms with Crippen molar-refractivity contribution in [2.45, 2.75) is 25.8 Å². The molecule has 0 spiro atoms. The maximum Gasteiger partial charge on any atom is 0.272 e. The summed E-state index contributed by atoms with van der Waals surface area (Å²) in [5, 5.41) is 3.21. The second kappa shape index (κ2) is 6.70. The van der Waals surface area contributed by atoms with Crippen molar-refractivity contribution in [3.05, 3.63) is 24.0 Å². The fraction of sp³-hybridized carbons (Fsp3) is 0.600. The topological polar surface area (TPSA) is 48.5 Å². The van der Waals surface area contributed by atoms with E-state index in [2.05, 4.69) is 22.2 Å². The van der Waals surface area contributed by atoms with E-state index in [1.54, 1.807) is 6.20 Å². The van der Waals surface area contributed by atoms with Gasteiger partial charge in [-0.05, 0) is 45.5 Å². The number of piperidine rings is 1. The SMILES string of the molecule is CCNc1ccnc(C(=O)N(C)C2CCCN(C)C2)c1. The number of rotatable bonds is 4. The number of hydrogen-bond acceptors (Lipinski definition) is 4. The molecule has 2 heterocycles. The summed E-state index contributed by atoms with van der Waals surface area (Å²) < 4.78 is 0. The normalized spacial score (nSPS) is 19.6. The zero-order valence-corrected chi connectivity index (χ0v) is 12.6. The molecular formula is C15H24N4O. The molecule has 1 saturated heterocycles. The van der Waals surface area contributed by atoms with Gasteiger partial charge in [-0.25, -0.2) is 0 Å². The Bertz CT molecular complexity index is 463. The van der Waals surface area contributed by atoms with Crippen LogP contribution >= 0.6 is 0 Å². The van der Waals surface area contributed by atoms with E-state index in [9.17, 15) is 4.79 Å². The molecule has 5 nitrogen and oxygen atoms in total. The third-order valence-electron chi connectivity index (χ3n) is 3.83. The molecule has 2 rings (SSSR count). The van der Waals surface area contributed by atoms with Gasteiger partial charge in [0.15, 0.2) is 0 Å². The van der Waals surface area contributed by atoms with Gasteiger partial charge in [-0.2, -0.15) is 0 Å². The molecule has 0 saturated carbocycles. The number of nitrogens with zero attached hydrogens (tertiary/aromatic N) is 3. The molecule has 110 valence electrons. The summed E-state index contributed by atoms with van der Waals surface area (Å²) in [5.74, 6) is 0.00468. The first kappa shape index (κ1) is 14.8. The molecular weight excluding hydrogens is 252 g/mol. The first-order valence-corrected chi connectivity index (χ1v) is 7.27. The maximum absolute atomic E-state index is 12.5. The van der Waals surface area contributed by atoms with Gasteiger partial charge in [0.05, 0.1) is 0 Å². The Morgan fingerprint density at radius 3 is 3.10 bits per heavy atom. The van der Waals surface area contributed by atoms with Crippen LogP contribution in [0.1, 0.15) is 30.3 Å². The summed E-state index contributed by atoms with van der Waals surface area (Å²) in [5.41, 5.74) is 1.46. The van der Waals surface area contributed by atoms with Crippen LogP contribution in [0.5, 0.6) is 0 Å². The maximum atomic E-state index is 12.5. The van der Waals surface area contributed by atoms with Gasteiger partial charge in [0, 0.05) is 38.1 Å². The number of aromatic nitrogens is 1. The Morgan fingerprint density at radius 2 is 2.40 bits per heavy atom. The number of carbonyl (C=O) groups excluding carboxylic acids is 1. The van der Waals surface area contributed by atoms with Crippen LogP contribution in [0, 0.1) is 0 Å². The van der Waals surface area contributed by atoms with E-state index in [4.69, 9.17) is 0 Å². The Hall–Kier alpha value is -1.62. The molecule has 1 unspecified atom stereocenters. The van der Waals surface area contributed by atoms with Crippen molar-refractivity contribution in [1.82, 2.24) is 14.8 Å². The van der Waals surface area contributed by atoms with Crippen molar-refractivity contribution < 1.29 is 4.79 Å². The zero-order chi connectivity index (χ0) is 14.5. The van der Waals surface area contributed by atoms with E-state index >= 15 is 0 Å². The number of amides is 1. The molecule has 20 heavy (non-hydrogen) atoms. The number of likely N-dealkylation sites (tertiary alicyclic amines) is 1. The Kier molecular flexibility index (Phi) is 4.95. The zero-order valence-electron chi connectivity index (χ0n) is 12.6. The minimum atomic E-state index is 0.00468. The standard InChI is InChI=1S/C15H24N4O/c1-4-16-12-7-8-17-14(10-12)15(20)19(3)13-6-5-9-18(2)11-13/h7-8,10,13H,4-6,9,11H2,1-3H3,(H,16,17). The smallest absolute Gasteiger partial charge is 0.272 e. The van der Waals surface area contributed by atoms with Gasteiger partial charge >= 0.3 is 0 Å². The molecule has 1 amide bonds. The number of likely N-dealkylation sites (N-methyl/N-ethyl adjacent to an activating group) is 2. The van der Waals surface area contributed by atoms with Gasteiger partial charge in [0.2, 0.25) is 0 Å². The van der Waals surface area contributed by atoms with E-state index in [-0.39, 0.29) is 11.9 Å². The third kappa shape index (κ3) is 3.48. The van der Waals surface area contributed by atoms with E-state index in [0.29, 0.717) is 5.69 Å². The van der Waals surface area contributed by atoms with Crippen LogP contribution in [0.25, 0.3) is 0 Å². The van der Waals surface area contributed by atoms with Crippen LogP contribution in [-0.2, 0) is 0 Å². The summed E-state index contributed by atoms with van der Waals surface area (Å²) >= 11 is 0. The average molecular weight is 276 g/mol. The van der Waals surface area contributed by atoms with Gasteiger partial charge < -0.3 is 15.1 Å². The number of anilines is 1. The highest BCUT2D eigenvalue weighted by Crippen LogP contribution is 2.16. The highest BCUT2D eigenvalue weighted by Gasteiger charge is 2.25. The van der Waals surface area contributed by atoms with Gasteiger partial charge in [0.1, 0.15) is 5.69 Å². The predicted molar refractivity (Wildman–Crippen MR) is 81.0 cm³/mol. The third-order valence-corrected chi connectivity index (χ3v) is 3.83. The summed E-state index contributed by atoms with van der Waals surface area (Å²) in [6.45, 7) is 4.93. The molecule has 1 N–H and O–H groups in total. The van der Waals surface area contributed by atoms with Gasteiger partial charge in [-0.3, -0.25) is 9.78 Å². The lowest BCUT2D eigenvalue weighted by Gasteiger charge is -2.35. The Morgan fingerprint density at radius 1 is 1.60 bits per heavy atom. The number of carbonyl (C=O) groups is 1. The second-order valence-electron chi connectivity index (χ2n) is 5.43. The van der Waals surface area contributed by atoms with Crippen LogP contribution in [0.3, 0.4) is 0 Å². The lowest BCUT2D eigenvalue weighted by atomic mass is 10.0.